The fourth-order valence-electron chi connectivity index (χ4n) is 1.22. The van der Waals surface area contributed by atoms with E-state index in [1.807, 2.05) is 0 Å². The second kappa shape index (κ2) is 6.97. The van der Waals surface area contributed by atoms with Crippen LogP contribution in [-0.4, -0.2) is 35.9 Å². The number of hydrogen-bond donors (Lipinski definition) is 2. The molecule has 1 rings (SSSR count). The zero-order chi connectivity index (χ0) is 11.8. The van der Waals surface area contributed by atoms with Gasteiger partial charge in [-0.25, -0.2) is 0 Å². The van der Waals surface area contributed by atoms with Crippen molar-refractivity contribution >= 4 is 11.6 Å². The summed E-state index contributed by atoms with van der Waals surface area (Å²) in [4.78, 5) is 11.4. The number of hydrogen-bond acceptors (Lipinski definition) is 4. The summed E-state index contributed by atoms with van der Waals surface area (Å²) in [6, 6.07) is 0. The van der Waals surface area contributed by atoms with Crippen LogP contribution >= 0.6 is 0 Å². The van der Waals surface area contributed by atoms with Crippen LogP contribution < -0.4 is 11.1 Å². The van der Waals surface area contributed by atoms with Gasteiger partial charge in [0.25, 0.3) is 0 Å². The van der Waals surface area contributed by atoms with Gasteiger partial charge in [0, 0.05) is 19.7 Å². The molecule has 0 aliphatic rings. The molecule has 0 unspecified atom stereocenters. The molecule has 3 N–H and O–H groups in total. The van der Waals surface area contributed by atoms with E-state index < -0.39 is 0 Å². The molecule has 0 radical (unpaired) electrons. The number of anilines is 1. The molecule has 0 fully saturated rings. The highest BCUT2D eigenvalue weighted by atomic mass is 16.5. The molecule has 6 nitrogen and oxygen atoms in total. The minimum Gasteiger partial charge on any atom is -0.383 e. The molecule has 0 aliphatic heterocycles. The maximum Gasteiger partial charge on any atom is 0.224 e. The second-order valence-electron chi connectivity index (χ2n) is 3.43. The zero-order valence-corrected chi connectivity index (χ0v) is 9.48. The molecule has 0 saturated heterocycles. The van der Waals surface area contributed by atoms with Crippen LogP contribution in [0.5, 0.6) is 0 Å². The molecule has 6 heteroatoms. The number of carbonyl (C=O) groups is 1. The van der Waals surface area contributed by atoms with Crippen molar-refractivity contribution in [2.75, 3.05) is 25.6 Å². The largest absolute Gasteiger partial charge is 0.383 e. The fraction of sp³-hybridized carbons (Fsp3) is 0.600. The van der Waals surface area contributed by atoms with Crippen LogP contribution in [0.1, 0.15) is 12.8 Å². The normalized spacial score (nSPS) is 10.4. The summed E-state index contributed by atoms with van der Waals surface area (Å²) in [6.07, 6.45) is 4.54. The topological polar surface area (TPSA) is 82.2 Å². The quantitative estimate of drug-likeness (QED) is 0.696. The van der Waals surface area contributed by atoms with E-state index in [0.717, 1.165) is 0 Å². The minimum atomic E-state index is -0.0308. The highest BCUT2D eigenvalue weighted by Gasteiger charge is 2.03. The summed E-state index contributed by atoms with van der Waals surface area (Å²) in [5.74, 6) is -0.0308. The Balaban J connectivity index is 2.36. The Morgan fingerprint density at radius 2 is 2.50 bits per heavy atom. The lowest BCUT2D eigenvalue weighted by atomic mass is 10.3. The van der Waals surface area contributed by atoms with E-state index in [-0.39, 0.29) is 5.91 Å². The third-order valence-electron chi connectivity index (χ3n) is 2.05. The maximum absolute atomic E-state index is 11.4. The first-order chi connectivity index (χ1) is 7.76. The van der Waals surface area contributed by atoms with Crippen LogP contribution in [0.2, 0.25) is 0 Å². The van der Waals surface area contributed by atoms with Gasteiger partial charge in [-0.2, -0.15) is 5.10 Å². The van der Waals surface area contributed by atoms with Crippen LogP contribution in [0.15, 0.2) is 12.4 Å². The third-order valence-corrected chi connectivity index (χ3v) is 2.05. The molecule has 1 amide bonds. The average molecular weight is 226 g/mol. The van der Waals surface area contributed by atoms with E-state index >= 15 is 0 Å². The molecule has 0 aromatic carbocycles. The van der Waals surface area contributed by atoms with Crippen molar-refractivity contribution in [3.05, 3.63) is 12.4 Å². The second-order valence-corrected chi connectivity index (χ2v) is 3.43. The van der Waals surface area contributed by atoms with Crippen molar-refractivity contribution in [2.45, 2.75) is 19.4 Å². The first-order valence-corrected chi connectivity index (χ1v) is 5.27. The lowest BCUT2D eigenvalue weighted by Crippen LogP contribution is -2.13. The van der Waals surface area contributed by atoms with Crippen LogP contribution in [0.25, 0.3) is 0 Å². The number of nitrogens with one attached hydrogen (secondary N) is 1. The number of aromatic nitrogens is 2. The van der Waals surface area contributed by atoms with Crippen molar-refractivity contribution in [2.24, 2.45) is 5.73 Å². The van der Waals surface area contributed by atoms with Gasteiger partial charge >= 0.3 is 0 Å². The van der Waals surface area contributed by atoms with Gasteiger partial charge in [0.15, 0.2) is 0 Å². The molecule has 0 bridgehead atoms. The predicted molar refractivity (Wildman–Crippen MR) is 61.0 cm³/mol. The number of methoxy groups -OCH3 is 1. The van der Waals surface area contributed by atoms with Gasteiger partial charge < -0.3 is 15.8 Å². The average Bonchev–Trinajstić information content (AvgIpc) is 2.71. The summed E-state index contributed by atoms with van der Waals surface area (Å²) < 4.78 is 6.65. The molecule has 16 heavy (non-hydrogen) atoms. The maximum atomic E-state index is 11.4. The molecular weight excluding hydrogens is 208 g/mol. The van der Waals surface area contributed by atoms with Gasteiger partial charge in [-0.3, -0.25) is 9.48 Å². The number of amides is 1. The SMILES string of the molecule is COCCn1cc(NC(=O)CCCN)cn1. The predicted octanol–water partition coefficient (Wildman–Crippen LogP) is 0.207. The zero-order valence-electron chi connectivity index (χ0n) is 9.48. The molecule has 1 aromatic rings. The van der Waals surface area contributed by atoms with Crippen LogP contribution in [-0.2, 0) is 16.1 Å². The van der Waals surface area contributed by atoms with E-state index in [1.165, 1.54) is 0 Å². The molecule has 90 valence electrons. The number of nitrogens with zero attached hydrogens (tertiary/aromatic N) is 2. The number of rotatable bonds is 7. The summed E-state index contributed by atoms with van der Waals surface area (Å²) in [6.45, 7) is 1.80. The lowest BCUT2D eigenvalue weighted by molar-refractivity contribution is -0.116. The molecule has 0 saturated carbocycles. The van der Waals surface area contributed by atoms with E-state index in [4.69, 9.17) is 10.5 Å². The number of nitrogens with two attached hydrogens (primary N) is 1. The first kappa shape index (κ1) is 12.7. The molecule has 1 heterocycles. The molecule has 0 aliphatic carbocycles. The Kier molecular flexibility index (Phi) is 5.52. The van der Waals surface area contributed by atoms with Gasteiger partial charge in [-0.05, 0) is 13.0 Å². The van der Waals surface area contributed by atoms with Crippen LogP contribution in [0, 0.1) is 0 Å². The van der Waals surface area contributed by atoms with E-state index in [0.29, 0.717) is 38.2 Å². The monoisotopic (exact) mass is 226 g/mol. The Labute approximate surface area is 94.8 Å². The van der Waals surface area contributed by atoms with Gasteiger partial charge in [0.2, 0.25) is 5.91 Å². The molecule has 1 aromatic heterocycles. The standard InChI is InChI=1S/C10H18N4O2/c1-16-6-5-14-8-9(7-12-14)13-10(15)3-2-4-11/h7-8H,2-6,11H2,1H3,(H,13,15). The lowest BCUT2D eigenvalue weighted by Gasteiger charge is -2.01. The fourth-order valence-corrected chi connectivity index (χ4v) is 1.22. The van der Waals surface area contributed by atoms with Gasteiger partial charge in [-0.15, -0.1) is 0 Å². The summed E-state index contributed by atoms with van der Waals surface area (Å²) in [5.41, 5.74) is 6.03. The van der Waals surface area contributed by atoms with E-state index in [9.17, 15) is 4.79 Å². The highest BCUT2D eigenvalue weighted by molar-refractivity contribution is 5.90. The number of ether oxygens (including phenoxy) is 1. The Morgan fingerprint density at radius 3 is 3.19 bits per heavy atom. The Morgan fingerprint density at radius 1 is 1.69 bits per heavy atom. The molecular formula is C10H18N4O2. The molecule has 0 spiro atoms. The van der Waals surface area contributed by atoms with Crippen LogP contribution in [0.4, 0.5) is 5.69 Å². The smallest absolute Gasteiger partial charge is 0.224 e. The molecule has 0 atom stereocenters. The van der Waals surface area contributed by atoms with Gasteiger partial charge in [-0.1, -0.05) is 0 Å². The van der Waals surface area contributed by atoms with Gasteiger partial charge in [0.05, 0.1) is 25.0 Å². The van der Waals surface area contributed by atoms with Crippen molar-refractivity contribution < 1.29 is 9.53 Å². The van der Waals surface area contributed by atoms with Gasteiger partial charge in [0.1, 0.15) is 0 Å². The first-order valence-electron chi connectivity index (χ1n) is 5.27. The summed E-state index contributed by atoms with van der Waals surface area (Å²) >= 11 is 0. The summed E-state index contributed by atoms with van der Waals surface area (Å²) in [5, 5.41) is 6.84. The highest BCUT2D eigenvalue weighted by Crippen LogP contribution is 2.05. The number of carbonyl (C=O) groups excluding carboxylic acids is 1. The Hall–Kier alpha value is -1.40. The van der Waals surface area contributed by atoms with Crippen LogP contribution in [0.3, 0.4) is 0 Å². The van der Waals surface area contributed by atoms with Crippen molar-refractivity contribution in [1.29, 1.82) is 0 Å². The van der Waals surface area contributed by atoms with E-state index in [2.05, 4.69) is 10.4 Å². The summed E-state index contributed by atoms with van der Waals surface area (Å²) in [7, 11) is 1.64. The minimum absolute atomic E-state index is 0.0308. The van der Waals surface area contributed by atoms with E-state index in [1.54, 1.807) is 24.2 Å². The van der Waals surface area contributed by atoms with Crippen molar-refractivity contribution in [3.63, 3.8) is 0 Å². The Bertz CT molecular complexity index is 324. The van der Waals surface area contributed by atoms with Crippen molar-refractivity contribution in [3.8, 4) is 0 Å². The van der Waals surface area contributed by atoms with Crippen molar-refractivity contribution in [1.82, 2.24) is 9.78 Å². The third kappa shape index (κ3) is 4.41.